The molecule has 3 nitrogen and oxygen atoms in total. The normalized spacial score (nSPS) is 15.7. The van der Waals surface area contributed by atoms with Crippen molar-refractivity contribution in [1.82, 2.24) is 0 Å². The third-order valence-corrected chi connectivity index (χ3v) is 4.87. The number of methoxy groups -OCH3 is 2. The minimum atomic E-state index is -0.00184. The van der Waals surface area contributed by atoms with E-state index >= 15 is 0 Å². The molecule has 138 valence electrons. The van der Waals surface area contributed by atoms with Gasteiger partial charge in [-0.25, -0.2) is 0 Å². The third kappa shape index (κ3) is 3.12. The third-order valence-electron chi connectivity index (χ3n) is 4.87. The largest absolute Gasteiger partial charge is 0.496 e. The fourth-order valence-corrected chi connectivity index (χ4v) is 3.51. The summed E-state index contributed by atoms with van der Waals surface area (Å²) >= 11 is 0. The molecular weight excluding hydrogens is 348 g/mol. The second kappa shape index (κ2) is 7.57. The highest BCUT2D eigenvalue weighted by Gasteiger charge is 2.29. The van der Waals surface area contributed by atoms with E-state index in [1.165, 1.54) is 0 Å². The van der Waals surface area contributed by atoms with Crippen molar-refractivity contribution in [2.24, 2.45) is 0 Å². The SMILES string of the molecule is COc1ccccc1/C=C1\C(=O)/C(=C\c2ccccc2OC)c2ccccc21. The van der Waals surface area contributed by atoms with Gasteiger partial charge >= 0.3 is 0 Å². The van der Waals surface area contributed by atoms with Crippen molar-refractivity contribution >= 4 is 29.1 Å². The lowest BCUT2D eigenvalue weighted by Crippen LogP contribution is -1.95. The molecule has 0 spiro atoms. The number of ether oxygens (including phenoxy) is 2. The molecule has 3 heteroatoms. The van der Waals surface area contributed by atoms with Crippen LogP contribution >= 0.6 is 0 Å². The Bertz CT molecular complexity index is 1020. The summed E-state index contributed by atoms with van der Waals surface area (Å²) in [6.07, 6.45) is 3.81. The zero-order valence-corrected chi connectivity index (χ0v) is 15.8. The van der Waals surface area contributed by atoms with Crippen LogP contribution in [0, 0.1) is 0 Å². The molecule has 0 heterocycles. The Balaban J connectivity index is 1.87. The molecule has 0 aliphatic heterocycles. The van der Waals surface area contributed by atoms with Crippen LogP contribution in [0.25, 0.3) is 23.3 Å². The molecule has 0 aromatic heterocycles. The summed E-state index contributed by atoms with van der Waals surface area (Å²) in [7, 11) is 3.27. The zero-order valence-electron chi connectivity index (χ0n) is 15.8. The molecule has 3 aromatic rings. The molecule has 0 N–H and O–H groups in total. The number of allylic oxidation sites excluding steroid dienone is 2. The topological polar surface area (TPSA) is 35.5 Å². The molecule has 0 saturated carbocycles. The van der Waals surface area contributed by atoms with E-state index in [9.17, 15) is 4.79 Å². The van der Waals surface area contributed by atoms with Crippen LogP contribution in [-0.2, 0) is 4.79 Å². The van der Waals surface area contributed by atoms with Gasteiger partial charge < -0.3 is 9.47 Å². The van der Waals surface area contributed by atoms with Gasteiger partial charge in [-0.15, -0.1) is 0 Å². The highest BCUT2D eigenvalue weighted by Crippen LogP contribution is 2.41. The van der Waals surface area contributed by atoms with E-state index < -0.39 is 0 Å². The van der Waals surface area contributed by atoms with Gasteiger partial charge in [0.05, 0.1) is 14.2 Å². The first-order valence-corrected chi connectivity index (χ1v) is 9.07. The molecule has 0 amide bonds. The maximum Gasteiger partial charge on any atom is 0.194 e. The molecule has 3 aromatic carbocycles. The summed E-state index contributed by atoms with van der Waals surface area (Å²) in [5, 5.41) is 0. The summed E-state index contributed by atoms with van der Waals surface area (Å²) < 4.78 is 10.9. The van der Waals surface area contributed by atoms with Gasteiger partial charge in [0.2, 0.25) is 0 Å². The second-order valence-corrected chi connectivity index (χ2v) is 6.47. The molecule has 0 saturated heterocycles. The second-order valence-electron chi connectivity index (χ2n) is 6.47. The Morgan fingerprint density at radius 3 is 1.43 bits per heavy atom. The van der Waals surface area contributed by atoms with Crippen molar-refractivity contribution in [3.05, 3.63) is 95.1 Å². The van der Waals surface area contributed by atoms with Gasteiger partial charge in [0.15, 0.2) is 5.78 Å². The van der Waals surface area contributed by atoms with Gasteiger partial charge in [0, 0.05) is 22.3 Å². The quantitative estimate of drug-likeness (QED) is 0.581. The number of para-hydroxylation sites is 2. The maximum absolute atomic E-state index is 13.4. The fraction of sp³-hybridized carbons (Fsp3) is 0.0800. The molecule has 0 unspecified atom stereocenters. The van der Waals surface area contributed by atoms with Gasteiger partial charge in [-0.3, -0.25) is 4.79 Å². The van der Waals surface area contributed by atoms with Crippen LogP contribution in [0.3, 0.4) is 0 Å². The molecular formula is C25H20O3. The number of rotatable bonds is 4. The average molecular weight is 368 g/mol. The fourth-order valence-electron chi connectivity index (χ4n) is 3.51. The minimum Gasteiger partial charge on any atom is -0.496 e. The first kappa shape index (κ1) is 17.8. The van der Waals surface area contributed by atoms with E-state index in [4.69, 9.17) is 9.47 Å². The van der Waals surface area contributed by atoms with Crippen molar-refractivity contribution in [2.45, 2.75) is 0 Å². The summed E-state index contributed by atoms with van der Waals surface area (Å²) in [6.45, 7) is 0. The van der Waals surface area contributed by atoms with E-state index in [2.05, 4.69) is 0 Å². The Hall–Kier alpha value is -3.59. The number of ketones is 1. The van der Waals surface area contributed by atoms with Gasteiger partial charge in [0.25, 0.3) is 0 Å². The van der Waals surface area contributed by atoms with Gasteiger partial charge in [-0.1, -0.05) is 60.7 Å². The lowest BCUT2D eigenvalue weighted by Gasteiger charge is -2.05. The monoisotopic (exact) mass is 368 g/mol. The summed E-state index contributed by atoms with van der Waals surface area (Å²) in [4.78, 5) is 13.4. The van der Waals surface area contributed by atoms with Crippen LogP contribution in [0.1, 0.15) is 22.3 Å². The van der Waals surface area contributed by atoms with Crippen LogP contribution in [0.4, 0.5) is 0 Å². The van der Waals surface area contributed by atoms with Crippen molar-refractivity contribution in [1.29, 1.82) is 0 Å². The van der Waals surface area contributed by atoms with Crippen LogP contribution in [0.2, 0.25) is 0 Å². The van der Waals surface area contributed by atoms with Crippen molar-refractivity contribution in [3.8, 4) is 11.5 Å². The average Bonchev–Trinajstić information content (AvgIpc) is 3.00. The van der Waals surface area contributed by atoms with Crippen molar-refractivity contribution in [3.63, 3.8) is 0 Å². The number of hydrogen-bond acceptors (Lipinski definition) is 3. The molecule has 0 bridgehead atoms. The molecule has 0 fully saturated rings. The molecule has 4 rings (SSSR count). The van der Waals surface area contributed by atoms with Crippen LogP contribution in [0.5, 0.6) is 11.5 Å². The van der Waals surface area contributed by atoms with Crippen molar-refractivity contribution in [2.75, 3.05) is 14.2 Å². The molecule has 0 atom stereocenters. The molecule has 1 aliphatic rings. The highest BCUT2D eigenvalue weighted by atomic mass is 16.5. The smallest absolute Gasteiger partial charge is 0.194 e. The van der Waals surface area contributed by atoms with E-state index in [1.807, 2.05) is 84.9 Å². The lowest BCUT2D eigenvalue weighted by molar-refractivity contribution is -0.108. The summed E-state index contributed by atoms with van der Waals surface area (Å²) in [5.41, 5.74) is 4.95. The zero-order chi connectivity index (χ0) is 19.5. The first-order valence-electron chi connectivity index (χ1n) is 9.07. The predicted octanol–water partition coefficient (Wildman–Crippen LogP) is 5.37. The number of fused-ring (bicyclic) bond motifs is 1. The number of carbonyl (C=O) groups excluding carboxylic acids is 1. The van der Waals surface area contributed by atoms with E-state index in [0.29, 0.717) is 11.1 Å². The van der Waals surface area contributed by atoms with Gasteiger partial charge in [-0.2, -0.15) is 0 Å². The van der Waals surface area contributed by atoms with Gasteiger partial charge in [-0.05, 0) is 35.4 Å². The summed E-state index contributed by atoms with van der Waals surface area (Å²) in [6, 6.07) is 23.3. The molecule has 28 heavy (non-hydrogen) atoms. The van der Waals surface area contributed by atoms with Gasteiger partial charge in [0.1, 0.15) is 11.5 Å². The Morgan fingerprint density at radius 1 is 0.607 bits per heavy atom. The first-order chi connectivity index (χ1) is 13.7. The van der Waals surface area contributed by atoms with Crippen LogP contribution in [0.15, 0.2) is 72.8 Å². The number of hydrogen-bond donors (Lipinski definition) is 0. The van der Waals surface area contributed by atoms with E-state index in [1.54, 1.807) is 14.2 Å². The lowest BCUT2D eigenvalue weighted by atomic mass is 10.0. The highest BCUT2D eigenvalue weighted by molar-refractivity contribution is 6.51. The Labute approximate surface area is 164 Å². The molecule has 1 aliphatic carbocycles. The van der Waals surface area contributed by atoms with Crippen LogP contribution in [-0.4, -0.2) is 20.0 Å². The van der Waals surface area contributed by atoms with E-state index in [-0.39, 0.29) is 5.78 Å². The molecule has 0 radical (unpaired) electrons. The van der Waals surface area contributed by atoms with Crippen molar-refractivity contribution < 1.29 is 14.3 Å². The Morgan fingerprint density at radius 2 is 1.00 bits per heavy atom. The maximum atomic E-state index is 13.4. The number of carbonyl (C=O) groups is 1. The standard InChI is InChI=1S/C25H20O3/c1-27-23-13-7-3-9-17(23)15-21-19-11-5-6-12-20(19)22(25(21)26)16-18-10-4-8-14-24(18)28-2/h3-16H,1-2H3/b21-15-,22-16-. The minimum absolute atomic E-state index is 0.00184. The predicted molar refractivity (Wildman–Crippen MR) is 113 cm³/mol. The van der Waals surface area contributed by atoms with Crippen LogP contribution < -0.4 is 9.47 Å². The summed E-state index contributed by atoms with van der Waals surface area (Å²) in [5.74, 6) is 1.47. The Kier molecular flexibility index (Phi) is 4.81. The number of Topliss-reactive ketones (excluding diaryl/α,β-unsaturated/α-hetero) is 1. The van der Waals surface area contributed by atoms with E-state index in [0.717, 1.165) is 33.8 Å². The number of benzene rings is 3.